The fourth-order valence-corrected chi connectivity index (χ4v) is 1.49. The molecule has 0 saturated carbocycles. The minimum Gasteiger partial charge on any atom is -0.494 e. The lowest BCUT2D eigenvalue weighted by atomic mass is 10.2. The standard InChI is InChI=1S/C15H21NO4/c1-2-20-14-6-3-13(4-7-14)5-8-15(18)16-9-11-19-12-10-17/h3-8,17H,2,9-12H2,1H3,(H,16,18)/b8-5+. The van der Waals surface area contributed by atoms with E-state index >= 15 is 0 Å². The molecular weight excluding hydrogens is 258 g/mol. The average molecular weight is 279 g/mol. The van der Waals surface area contributed by atoms with E-state index in [9.17, 15) is 4.79 Å². The fraction of sp³-hybridized carbons (Fsp3) is 0.400. The zero-order valence-electron chi connectivity index (χ0n) is 11.7. The van der Waals surface area contributed by atoms with E-state index in [-0.39, 0.29) is 19.1 Å². The summed E-state index contributed by atoms with van der Waals surface area (Å²) < 4.78 is 10.4. The Hall–Kier alpha value is -1.85. The molecule has 0 bridgehead atoms. The van der Waals surface area contributed by atoms with Gasteiger partial charge in [0.15, 0.2) is 0 Å². The molecule has 0 radical (unpaired) electrons. The molecule has 5 heteroatoms. The second-order valence-corrected chi connectivity index (χ2v) is 3.96. The van der Waals surface area contributed by atoms with Gasteiger partial charge in [-0.2, -0.15) is 0 Å². The SMILES string of the molecule is CCOc1ccc(/C=C/C(=O)NCCOCCO)cc1. The third-order valence-electron chi connectivity index (χ3n) is 2.40. The van der Waals surface area contributed by atoms with Gasteiger partial charge >= 0.3 is 0 Å². The third-order valence-corrected chi connectivity index (χ3v) is 2.40. The highest BCUT2D eigenvalue weighted by Gasteiger charge is 1.96. The number of ether oxygens (including phenoxy) is 2. The zero-order valence-corrected chi connectivity index (χ0v) is 11.7. The molecule has 0 aliphatic carbocycles. The van der Waals surface area contributed by atoms with Crippen molar-refractivity contribution in [3.05, 3.63) is 35.9 Å². The molecule has 0 aliphatic heterocycles. The van der Waals surface area contributed by atoms with Crippen molar-refractivity contribution in [2.24, 2.45) is 0 Å². The molecule has 20 heavy (non-hydrogen) atoms. The molecule has 0 fully saturated rings. The molecule has 0 unspecified atom stereocenters. The minimum absolute atomic E-state index is 0.00834. The summed E-state index contributed by atoms with van der Waals surface area (Å²) in [7, 11) is 0. The van der Waals surface area contributed by atoms with Gasteiger partial charge in [-0.15, -0.1) is 0 Å². The Labute approximate surface area is 119 Å². The van der Waals surface area contributed by atoms with Gasteiger partial charge in [-0.25, -0.2) is 0 Å². The van der Waals surface area contributed by atoms with Crippen molar-refractivity contribution >= 4 is 12.0 Å². The van der Waals surface area contributed by atoms with E-state index < -0.39 is 0 Å². The number of nitrogens with one attached hydrogen (secondary N) is 1. The number of hydrogen-bond donors (Lipinski definition) is 2. The van der Waals surface area contributed by atoms with E-state index in [1.54, 1.807) is 6.08 Å². The van der Waals surface area contributed by atoms with Crippen LogP contribution >= 0.6 is 0 Å². The smallest absolute Gasteiger partial charge is 0.244 e. The first-order valence-electron chi connectivity index (χ1n) is 6.63. The highest BCUT2D eigenvalue weighted by atomic mass is 16.5. The van der Waals surface area contributed by atoms with Gasteiger partial charge in [-0.05, 0) is 30.7 Å². The largest absolute Gasteiger partial charge is 0.494 e. The molecule has 0 spiro atoms. The quantitative estimate of drug-likeness (QED) is 0.527. The number of hydrogen-bond acceptors (Lipinski definition) is 4. The van der Waals surface area contributed by atoms with Gasteiger partial charge in [-0.1, -0.05) is 12.1 Å². The molecule has 0 heterocycles. The van der Waals surface area contributed by atoms with Crippen LogP contribution in [0.4, 0.5) is 0 Å². The minimum atomic E-state index is -0.175. The molecule has 1 aromatic carbocycles. The second kappa shape index (κ2) is 10.00. The van der Waals surface area contributed by atoms with E-state index in [1.807, 2.05) is 31.2 Å². The first kappa shape index (κ1) is 16.2. The molecular formula is C15H21NO4. The lowest BCUT2D eigenvalue weighted by Crippen LogP contribution is -2.25. The number of carbonyl (C=O) groups is 1. The highest BCUT2D eigenvalue weighted by molar-refractivity contribution is 5.91. The van der Waals surface area contributed by atoms with Gasteiger partial charge in [0.1, 0.15) is 5.75 Å². The van der Waals surface area contributed by atoms with Crippen molar-refractivity contribution in [2.45, 2.75) is 6.92 Å². The Balaban J connectivity index is 2.29. The van der Waals surface area contributed by atoms with Crippen LogP contribution in [0.1, 0.15) is 12.5 Å². The Kier molecular flexibility index (Phi) is 8.10. The van der Waals surface area contributed by atoms with E-state index in [0.29, 0.717) is 19.8 Å². The summed E-state index contributed by atoms with van der Waals surface area (Å²) in [4.78, 5) is 11.5. The molecule has 5 nitrogen and oxygen atoms in total. The average Bonchev–Trinajstić information content (AvgIpc) is 2.47. The van der Waals surface area contributed by atoms with Crippen LogP contribution in [0, 0.1) is 0 Å². The van der Waals surface area contributed by atoms with Crippen molar-refractivity contribution in [1.29, 1.82) is 0 Å². The zero-order chi connectivity index (χ0) is 14.6. The van der Waals surface area contributed by atoms with Gasteiger partial charge in [0.05, 0.1) is 26.4 Å². The van der Waals surface area contributed by atoms with Gasteiger partial charge < -0.3 is 19.9 Å². The van der Waals surface area contributed by atoms with Crippen molar-refractivity contribution < 1.29 is 19.4 Å². The monoisotopic (exact) mass is 279 g/mol. The van der Waals surface area contributed by atoms with Crippen LogP contribution in [0.25, 0.3) is 6.08 Å². The summed E-state index contributed by atoms with van der Waals surface area (Å²) in [6, 6.07) is 7.51. The molecule has 0 atom stereocenters. The summed E-state index contributed by atoms with van der Waals surface area (Å²) >= 11 is 0. The Morgan fingerprint density at radius 3 is 2.70 bits per heavy atom. The summed E-state index contributed by atoms with van der Waals surface area (Å²) in [6.45, 7) is 3.66. The molecule has 1 rings (SSSR count). The molecule has 0 aromatic heterocycles. The van der Waals surface area contributed by atoms with E-state index in [2.05, 4.69) is 5.32 Å². The molecule has 110 valence electrons. The maximum absolute atomic E-state index is 11.5. The van der Waals surface area contributed by atoms with Crippen molar-refractivity contribution in [1.82, 2.24) is 5.32 Å². The lowest BCUT2D eigenvalue weighted by Gasteiger charge is -2.03. The molecule has 1 aromatic rings. The predicted molar refractivity (Wildman–Crippen MR) is 77.6 cm³/mol. The first-order chi connectivity index (χ1) is 9.76. The number of amides is 1. The van der Waals surface area contributed by atoms with E-state index in [0.717, 1.165) is 11.3 Å². The van der Waals surface area contributed by atoms with E-state index in [4.69, 9.17) is 14.6 Å². The van der Waals surface area contributed by atoms with Gasteiger partial charge in [-0.3, -0.25) is 4.79 Å². The molecule has 0 aliphatic rings. The Morgan fingerprint density at radius 2 is 2.05 bits per heavy atom. The van der Waals surface area contributed by atoms with Crippen molar-refractivity contribution in [3.63, 3.8) is 0 Å². The summed E-state index contributed by atoms with van der Waals surface area (Å²) in [5.74, 6) is 0.640. The van der Waals surface area contributed by atoms with Crippen molar-refractivity contribution in [2.75, 3.05) is 33.0 Å². The van der Waals surface area contributed by atoms with Gasteiger partial charge in [0, 0.05) is 12.6 Å². The van der Waals surface area contributed by atoms with Crippen LogP contribution in [-0.4, -0.2) is 44.0 Å². The number of carbonyl (C=O) groups excluding carboxylic acids is 1. The topological polar surface area (TPSA) is 67.8 Å². The highest BCUT2D eigenvalue weighted by Crippen LogP contribution is 2.12. The predicted octanol–water partition coefficient (Wildman–Crippen LogP) is 1.22. The summed E-state index contributed by atoms with van der Waals surface area (Å²) in [6.07, 6.45) is 3.21. The number of aliphatic hydroxyl groups excluding tert-OH is 1. The number of rotatable bonds is 9. The van der Waals surface area contributed by atoms with Crippen LogP contribution in [0.2, 0.25) is 0 Å². The van der Waals surface area contributed by atoms with Crippen LogP contribution < -0.4 is 10.1 Å². The normalized spacial score (nSPS) is 10.7. The molecule has 2 N–H and O–H groups in total. The molecule has 0 saturated heterocycles. The summed E-state index contributed by atoms with van der Waals surface area (Å²) in [5.41, 5.74) is 0.931. The Morgan fingerprint density at radius 1 is 1.30 bits per heavy atom. The first-order valence-corrected chi connectivity index (χ1v) is 6.63. The number of benzene rings is 1. The molecule has 1 amide bonds. The lowest BCUT2D eigenvalue weighted by molar-refractivity contribution is -0.116. The van der Waals surface area contributed by atoms with Crippen LogP contribution in [-0.2, 0) is 9.53 Å². The summed E-state index contributed by atoms with van der Waals surface area (Å²) in [5, 5.41) is 11.2. The van der Waals surface area contributed by atoms with Gasteiger partial charge in [0.25, 0.3) is 0 Å². The van der Waals surface area contributed by atoms with Crippen molar-refractivity contribution in [3.8, 4) is 5.75 Å². The van der Waals surface area contributed by atoms with Gasteiger partial charge in [0.2, 0.25) is 5.91 Å². The van der Waals surface area contributed by atoms with Crippen LogP contribution in [0.5, 0.6) is 5.75 Å². The van der Waals surface area contributed by atoms with E-state index in [1.165, 1.54) is 6.08 Å². The maximum atomic E-state index is 11.5. The Bertz CT molecular complexity index is 414. The van der Waals surface area contributed by atoms with Crippen LogP contribution in [0.15, 0.2) is 30.3 Å². The van der Waals surface area contributed by atoms with Crippen LogP contribution in [0.3, 0.4) is 0 Å². The second-order valence-electron chi connectivity index (χ2n) is 3.96. The fourth-order valence-electron chi connectivity index (χ4n) is 1.49. The number of aliphatic hydroxyl groups is 1. The third kappa shape index (κ3) is 6.92. The maximum Gasteiger partial charge on any atom is 0.244 e.